The maximum absolute atomic E-state index is 13.3. The second-order valence-electron chi connectivity index (χ2n) is 3.04. The molecule has 1 aromatic carbocycles. The monoisotopic (exact) mass is 261 g/mol. The van der Waals surface area contributed by atoms with Crippen LogP contribution in [0, 0.1) is 5.82 Å². The third-order valence-corrected chi connectivity index (χ3v) is 3.94. The molecule has 1 atom stereocenters. The topological polar surface area (TPSA) is 26.0 Å². The Labute approximate surface area is 89.0 Å². The first-order chi connectivity index (χ1) is 6.20. The minimum atomic E-state index is -0.138. The van der Waals surface area contributed by atoms with Gasteiger partial charge in [0.1, 0.15) is 5.82 Å². The second-order valence-corrected chi connectivity index (χ2v) is 4.93. The first-order valence-electron chi connectivity index (χ1n) is 4.00. The number of fused-ring (bicyclic) bond motifs is 1. The van der Waals surface area contributed by atoms with Gasteiger partial charge in [-0.25, -0.2) is 4.39 Å². The highest BCUT2D eigenvalue weighted by atomic mass is 79.9. The Hall–Kier alpha value is -0.0600. The molecule has 0 spiro atoms. The maximum Gasteiger partial charge on any atom is 0.127 e. The SMILES string of the molecule is NC1CSCc2c(F)ccc(Br)c21. The molecule has 1 heterocycles. The number of nitrogens with two attached hydrogens (primary N) is 1. The standard InChI is InChI=1S/C9H9BrFNS/c10-6-1-2-7(11)5-3-13-4-8(12)9(5)6/h1-2,8H,3-4,12H2. The van der Waals surface area contributed by atoms with Gasteiger partial charge in [-0.3, -0.25) is 0 Å². The fourth-order valence-corrected chi connectivity index (χ4v) is 3.23. The molecule has 1 nitrogen and oxygen atoms in total. The highest BCUT2D eigenvalue weighted by Gasteiger charge is 2.22. The summed E-state index contributed by atoms with van der Waals surface area (Å²) in [4.78, 5) is 0. The summed E-state index contributed by atoms with van der Waals surface area (Å²) in [6, 6.07) is 3.17. The Morgan fingerprint density at radius 1 is 1.54 bits per heavy atom. The van der Waals surface area contributed by atoms with Crippen LogP contribution in [-0.4, -0.2) is 5.75 Å². The third-order valence-electron chi connectivity index (χ3n) is 2.16. The normalized spacial score (nSPS) is 21.3. The van der Waals surface area contributed by atoms with E-state index in [0.717, 1.165) is 27.1 Å². The molecule has 0 bridgehead atoms. The lowest BCUT2D eigenvalue weighted by molar-refractivity contribution is 0.607. The van der Waals surface area contributed by atoms with Gasteiger partial charge in [-0.15, -0.1) is 0 Å². The van der Waals surface area contributed by atoms with Gasteiger partial charge in [0.2, 0.25) is 0 Å². The summed E-state index contributed by atoms with van der Waals surface area (Å²) in [5.41, 5.74) is 7.60. The lowest BCUT2D eigenvalue weighted by Gasteiger charge is -2.23. The molecule has 0 saturated carbocycles. The Bertz CT molecular complexity index is 343. The van der Waals surface area contributed by atoms with Crippen LogP contribution in [0.4, 0.5) is 4.39 Å². The largest absolute Gasteiger partial charge is 0.323 e. The molecule has 1 unspecified atom stereocenters. The van der Waals surface area contributed by atoms with E-state index >= 15 is 0 Å². The van der Waals surface area contributed by atoms with E-state index in [9.17, 15) is 4.39 Å². The molecule has 1 aromatic rings. The summed E-state index contributed by atoms with van der Waals surface area (Å²) < 4.78 is 14.3. The third kappa shape index (κ3) is 1.63. The summed E-state index contributed by atoms with van der Waals surface area (Å²) in [7, 11) is 0. The minimum Gasteiger partial charge on any atom is -0.323 e. The highest BCUT2D eigenvalue weighted by molar-refractivity contribution is 9.10. The molecule has 4 heteroatoms. The molecule has 0 fully saturated rings. The molecule has 0 saturated heterocycles. The molecule has 0 radical (unpaired) electrons. The van der Waals surface area contributed by atoms with Gasteiger partial charge in [-0.05, 0) is 17.7 Å². The summed E-state index contributed by atoms with van der Waals surface area (Å²) in [6.07, 6.45) is 0. The highest BCUT2D eigenvalue weighted by Crippen LogP contribution is 2.36. The van der Waals surface area contributed by atoms with E-state index in [4.69, 9.17) is 5.73 Å². The van der Waals surface area contributed by atoms with Gasteiger partial charge in [0.05, 0.1) is 0 Å². The van der Waals surface area contributed by atoms with Gasteiger partial charge in [0, 0.05) is 27.6 Å². The van der Waals surface area contributed by atoms with E-state index in [2.05, 4.69) is 15.9 Å². The van der Waals surface area contributed by atoms with Crippen molar-refractivity contribution in [1.82, 2.24) is 0 Å². The zero-order valence-electron chi connectivity index (χ0n) is 6.89. The van der Waals surface area contributed by atoms with Crippen molar-refractivity contribution in [2.45, 2.75) is 11.8 Å². The van der Waals surface area contributed by atoms with Crippen molar-refractivity contribution in [2.75, 3.05) is 5.75 Å². The lowest BCUT2D eigenvalue weighted by atomic mass is 10.0. The van der Waals surface area contributed by atoms with E-state index in [0.29, 0.717) is 0 Å². The molecule has 2 N–H and O–H groups in total. The van der Waals surface area contributed by atoms with E-state index in [1.54, 1.807) is 17.8 Å². The summed E-state index contributed by atoms with van der Waals surface area (Å²) >= 11 is 5.08. The Morgan fingerprint density at radius 3 is 3.00 bits per heavy atom. The van der Waals surface area contributed by atoms with Gasteiger partial charge < -0.3 is 5.73 Å². The van der Waals surface area contributed by atoms with Crippen LogP contribution in [0.1, 0.15) is 17.2 Å². The van der Waals surface area contributed by atoms with E-state index in [-0.39, 0.29) is 11.9 Å². The number of rotatable bonds is 0. The van der Waals surface area contributed by atoms with Crippen LogP contribution in [-0.2, 0) is 5.75 Å². The molecule has 1 aliphatic heterocycles. The molecule has 13 heavy (non-hydrogen) atoms. The van der Waals surface area contributed by atoms with E-state index < -0.39 is 0 Å². The first kappa shape index (κ1) is 9.49. The van der Waals surface area contributed by atoms with Gasteiger partial charge in [0.15, 0.2) is 0 Å². The Balaban J connectivity index is 2.60. The number of benzene rings is 1. The summed E-state index contributed by atoms with van der Waals surface area (Å²) in [5, 5.41) is 0. The fraction of sp³-hybridized carbons (Fsp3) is 0.333. The molecule has 1 aliphatic rings. The summed E-state index contributed by atoms with van der Waals surface area (Å²) in [6.45, 7) is 0. The van der Waals surface area contributed by atoms with Crippen LogP contribution in [0.3, 0.4) is 0 Å². The van der Waals surface area contributed by atoms with Gasteiger partial charge in [0.25, 0.3) is 0 Å². The predicted molar refractivity (Wildman–Crippen MR) is 57.2 cm³/mol. The van der Waals surface area contributed by atoms with Crippen LogP contribution < -0.4 is 5.73 Å². The van der Waals surface area contributed by atoms with Crippen LogP contribution in [0.5, 0.6) is 0 Å². The Morgan fingerprint density at radius 2 is 2.31 bits per heavy atom. The molecular formula is C9H9BrFNS. The molecule has 70 valence electrons. The van der Waals surface area contributed by atoms with Crippen molar-refractivity contribution in [1.29, 1.82) is 0 Å². The number of hydrogen-bond acceptors (Lipinski definition) is 2. The molecule has 0 amide bonds. The van der Waals surface area contributed by atoms with Crippen LogP contribution >= 0.6 is 27.7 Å². The minimum absolute atomic E-state index is 0.0428. The first-order valence-corrected chi connectivity index (χ1v) is 5.95. The van der Waals surface area contributed by atoms with Gasteiger partial charge in [-0.1, -0.05) is 15.9 Å². The number of hydrogen-bond donors (Lipinski definition) is 1. The van der Waals surface area contributed by atoms with Gasteiger partial charge >= 0.3 is 0 Å². The lowest BCUT2D eigenvalue weighted by Crippen LogP contribution is -2.20. The van der Waals surface area contributed by atoms with Crippen molar-refractivity contribution < 1.29 is 4.39 Å². The van der Waals surface area contributed by atoms with Crippen LogP contribution in [0.15, 0.2) is 16.6 Å². The average molecular weight is 262 g/mol. The van der Waals surface area contributed by atoms with Gasteiger partial charge in [-0.2, -0.15) is 11.8 Å². The van der Waals surface area contributed by atoms with Crippen LogP contribution in [0.2, 0.25) is 0 Å². The zero-order chi connectivity index (χ0) is 9.42. The zero-order valence-corrected chi connectivity index (χ0v) is 9.29. The number of halogens is 2. The van der Waals surface area contributed by atoms with Crippen molar-refractivity contribution in [3.63, 3.8) is 0 Å². The average Bonchev–Trinajstić information content (AvgIpc) is 2.12. The summed E-state index contributed by atoms with van der Waals surface area (Å²) in [5.74, 6) is 1.46. The van der Waals surface area contributed by atoms with E-state index in [1.807, 2.05) is 0 Å². The van der Waals surface area contributed by atoms with Crippen LogP contribution in [0.25, 0.3) is 0 Å². The molecular weight excluding hydrogens is 253 g/mol. The van der Waals surface area contributed by atoms with Crippen molar-refractivity contribution in [3.05, 3.63) is 33.5 Å². The quantitative estimate of drug-likeness (QED) is 0.778. The molecule has 0 aliphatic carbocycles. The van der Waals surface area contributed by atoms with Crippen molar-refractivity contribution in [2.24, 2.45) is 5.73 Å². The molecule has 2 rings (SSSR count). The van der Waals surface area contributed by atoms with Crippen molar-refractivity contribution >= 4 is 27.7 Å². The van der Waals surface area contributed by atoms with Crippen molar-refractivity contribution in [3.8, 4) is 0 Å². The number of thioether (sulfide) groups is 1. The predicted octanol–water partition coefficient (Wildman–Crippen LogP) is 2.83. The maximum atomic E-state index is 13.3. The van der Waals surface area contributed by atoms with E-state index in [1.165, 1.54) is 6.07 Å². The molecule has 0 aromatic heterocycles. The second kappa shape index (κ2) is 3.59. The fourth-order valence-electron chi connectivity index (χ4n) is 1.53. The Kier molecular flexibility index (Phi) is 2.62. The smallest absolute Gasteiger partial charge is 0.127 e.